The lowest BCUT2D eigenvalue weighted by molar-refractivity contribution is -0.422. The van der Waals surface area contributed by atoms with Gasteiger partial charge in [0.1, 0.15) is 0 Å². The molecule has 84 valence electrons. The van der Waals surface area contributed by atoms with Crippen LogP contribution in [0.25, 0.3) is 6.08 Å². The van der Waals surface area contributed by atoms with Gasteiger partial charge in [0.15, 0.2) is 0 Å². The minimum Gasteiger partial charge on any atom is -0.326 e. The number of amides is 1. The number of hydrogen-bond acceptors (Lipinski definition) is 3. The zero-order valence-electron chi connectivity index (χ0n) is 9.06. The lowest BCUT2D eigenvalue weighted by Gasteiger charge is -2.01. The number of nitro groups is 1. The summed E-state index contributed by atoms with van der Waals surface area (Å²) in [5.41, 5.74) is 1.47. The van der Waals surface area contributed by atoms with Crippen molar-refractivity contribution in [3.8, 4) is 0 Å². The highest BCUT2D eigenvalue weighted by Gasteiger charge is 2.02. The number of allylic oxidation sites excluding steroid dienone is 1. The molecule has 0 atom stereocenters. The van der Waals surface area contributed by atoms with E-state index in [-0.39, 0.29) is 11.6 Å². The molecule has 0 aliphatic rings. The fraction of sp³-hybridized carbons (Fsp3) is 0.182. The van der Waals surface area contributed by atoms with Crippen molar-refractivity contribution in [1.82, 2.24) is 0 Å². The molecule has 0 spiro atoms. The quantitative estimate of drug-likeness (QED) is 0.627. The average molecular weight is 220 g/mol. The third-order valence-corrected chi connectivity index (χ3v) is 1.89. The normalized spacial score (nSPS) is 11.0. The van der Waals surface area contributed by atoms with Crippen LogP contribution < -0.4 is 5.32 Å². The minimum atomic E-state index is -0.443. The molecule has 1 N–H and O–H groups in total. The van der Waals surface area contributed by atoms with Gasteiger partial charge in [-0.1, -0.05) is 12.1 Å². The SMILES string of the molecule is CC(=O)Nc1ccc(C=C(C)[N+](=O)[O-])cc1. The molecular formula is C11H12N2O3. The number of rotatable bonds is 3. The lowest BCUT2D eigenvalue weighted by atomic mass is 10.2. The maximum atomic E-state index is 10.8. The molecule has 0 aromatic heterocycles. The van der Waals surface area contributed by atoms with Gasteiger partial charge in [0, 0.05) is 25.6 Å². The number of carbonyl (C=O) groups is 1. The number of nitrogens with zero attached hydrogens (tertiary/aromatic N) is 1. The van der Waals surface area contributed by atoms with E-state index in [1.54, 1.807) is 24.3 Å². The Morgan fingerprint density at radius 2 is 1.88 bits per heavy atom. The fourth-order valence-electron chi connectivity index (χ4n) is 1.16. The van der Waals surface area contributed by atoms with E-state index in [2.05, 4.69) is 5.32 Å². The van der Waals surface area contributed by atoms with Crippen molar-refractivity contribution >= 4 is 17.7 Å². The van der Waals surface area contributed by atoms with E-state index in [1.807, 2.05) is 0 Å². The van der Waals surface area contributed by atoms with E-state index >= 15 is 0 Å². The van der Waals surface area contributed by atoms with Gasteiger partial charge in [0.05, 0.1) is 4.92 Å². The van der Waals surface area contributed by atoms with E-state index in [0.717, 1.165) is 5.56 Å². The summed E-state index contributed by atoms with van der Waals surface area (Å²) in [6, 6.07) is 6.80. The van der Waals surface area contributed by atoms with Crippen LogP contribution in [0, 0.1) is 10.1 Å². The molecule has 1 aromatic rings. The van der Waals surface area contributed by atoms with Gasteiger partial charge in [0.25, 0.3) is 0 Å². The second-order valence-electron chi connectivity index (χ2n) is 3.35. The van der Waals surface area contributed by atoms with Gasteiger partial charge in [-0.3, -0.25) is 14.9 Å². The van der Waals surface area contributed by atoms with Crippen molar-refractivity contribution in [1.29, 1.82) is 0 Å². The second kappa shape index (κ2) is 5.06. The van der Waals surface area contributed by atoms with Crippen LogP contribution >= 0.6 is 0 Å². The molecule has 1 amide bonds. The predicted molar refractivity (Wildman–Crippen MR) is 61.4 cm³/mol. The van der Waals surface area contributed by atoms with E-state index < -0.39 is 4.92 Å². The first-order valence-electron chi connectivity index (χ1n) is 4.69. The molecular weight excluding hydrogens is 208 g/mol. The number of hydrogen-bond donors (Lipinski definition) is 1. The first-order valence-corrected chi connectivity index (χ1v) is 4.69. The van der Waals surface area contributed by atoms with Crippen molar-refractivity contribution in [2.75, 3.05) is 5.32 Å². The predicted octanol–water partition coefficient (Wildman–Crippen LogP) is 2.28. The number of carbonyl (C=O) groups excluding carboxylic acids is 1. The Bertz CT molecular complexity index is 435. The van der Waals surface area contributed by atoms with Gasteiger partial charge in [-0.2, -0.15) is 0 Å². The standard InChI is InChI=1S/C11H12N2O3/c1-8(13(15)16)7-10-3-5-11(6-4-10)12-9(2)14/h3-7H,1-2H3,(H,12,14). The monoisotopic (exact) mass is 220 g/mol. The average Bonchev–Trinajstić information content (AvgIpc) is 2.20. The molecule has 0 radical (unpaired) electrons. The summed E-state index contributed by atoms with van der Waals surface area (Å²) in [7, 11) is 0. The Labute approximate surface area is 92.9 Å². The Balaban J connectivity index is 2.83. The van der Waals surface area contributed by atoms with Crippen molar-refractivity contribution in [2.45, 2.75) is 13.8 Å². The van der Waals surface area contributed by atoms with Gasteiger partial charge in [0.2, 0.25) is 11.6 Å². The summed E-state index contributed by atoms with van der Waals surface area (Å²) in [5.74, 6) is -0.148. The molecule has 5 nitrogen and oxygen atoms in total. The summed E-state index contributed by atoms with van der Waals surface area (Å²) in [5, 5.41) is 13.0. The van der Waals surface area contributed by atoms with Crippen molar-refractivity contribution in [3.05, 3.63) is 45.6 Å². The Hall–Kier alpha value is -2.17. The fourth-order valence-corrected chi connectivity index (χ4v) is 1.16. The van der Waals surface area contributed by atoms with E-state index in [4.69, 9.17) is 0 Å². The molecule has 0 bridgehead atoms. The molecule has 5 heteroatoms. The molecule has 0 heterocycles. The smallest absolute Gasteiger partial charge is 0.243 e. The van der Waals surface area contributed by atoms with E-state index in [0.29, 0.717) is 5.69 Å². The van der Waals surface area contributed by atoms with Gasteiger partial charge in [-0.05, 0) is 17.7 Å². The summed E-state index contributed by atoms with van der Waals surface area (Å²) < 4.78 is 0. The largest absolute Gasteiger partial charge is 0.326 e. The van der Waals surface area contributed by atoms with Crippen LogP contribution in [-0.2, 0) is 4.79 Å². The maximum absolute atomic E-state index is 10.8. The topological polar surface area (TPSA) is 72.2 Å². The van der Waals surface area contributed by atoms with Gasteiger partial charge in [-0.25, -0.2) is 0 Å². The van der Waals surface area contributed by atoms with Gasteiger partial charge >= 0.3 is 0 Å². The number of nitrogens with one attached hydrogen (secondary N) is 1. The van der Waals surface area contributed by atoms with Crippen molar-refractivity contribution < 1.29 is 9.72 Å². The summed E-state index contributed by atoms with van der Waals surface area (Å²) >= 11 is 0. The summed E-state index contributed by atoms with van der Waals surface area (Å²) in [4.78, 5) is 20.7. The Morgan fingerprint density at radius 1 is 1.31 bits per heavy atom. The van der Waals surface area contributed by atoms with Crippen LogP contribution in [0.2, 0.25) is 0 Å². The maximum Gasteiger partial charge on any atom is 0.243 e. The van der Waals surface area contributed by atoms with Crippen molar-refractivity contribution in [2.24, 2.45) is 0 Å². The van der Waals surface area contributed by atoms with Crippen LogP contribution in [0.1, 0.15) is 19.4 Å². The third-order valence-electron chi connectivity index (χ3n) is 1.89. The molecule has 0 fully saturated rings. The van der Waals surface area contributed by atoms with Crippen LogP contribution in [0.3, 0.4) is 0 Å². The molecule has 0 unspecified atom stereocenters. The van der Waals surface area contributed by atoms with Gasteiger partial charge < -0.3 is 5.32 Å². The van der Waals surface area contributed by atoms with Crippen LogP contribution in [0.5, 0.6) is 0 Å². The number of benzene rings is 1. The third kappa shape index (κ3) is 3.53. The van der Waals surface area contributed by atoms with Gasteiger partial charge in [-0.15, -0.1) is 0 Å². The molecule has 0 saturated heterocycles. The van der Waals surface area contributed by atoms with Crippen LogP contribution in [-0.4, -0.2) is 10.8 Å². The molecule has 16 heavy (non-hydrogen) atoms. The first-order chi connectivity index (χ1) is 7.49. The Kier molecular flexibility index (Phi) is 3.77. The van der Waals surface area contributed by atoms with E-state index in [1.165, 1.54) is 19.9 Å². The highest BCUT2D eigenvalue weighted by molar-refractivity contribution is 5.88. The zero-order valence-corrected chi connectivity index (χ0v) is 9.06. The summed E-state index contributed by atoms with van der Waals surface area (Å²) in [6.07, 6.45) is 1.47. The molecule has 0 aliphatic carbocycles. The van der Waals surface area contributed by atoms with E-state index in [9.17, 15) is 14.9 Å². The molecule has 0 saturated carbocycles. The second-order valence-corrected chi connectivity index (χ2v) is 3.35. The summed E-state index contributed by atoms with van der Waals surface area (Å²) in [6.45, 7) is 2.85. The number of anilines is 1. The van der Waals surface area contributed by atoms with Crippen LogP contribution in [0.15, 0.2) is 30.0 Å². The first kappa shape index (κ1) is 11.9. The molecule has 0 aliphatic heterocycles. The minimum absolute atomic E-state index is 0.0762. The van der Waals surface area contributed by atoms with Crippen LogP contribution in [0.4, 0.5) is 5.69 Å². The molecule has 1 aromatic carbocycles. The highest BCUT2D eigenvalue weighted by atomic mass is 16.6. The molecule has 1 rings (SSSR count). The lowest BCUT2D eigenvalue weighted by Crippen LogP contribution is -2.05. The van der Waals surface area contributed by atoms with Crippen molar-refractivity contribution in [3.63, 3.8) is 0 Å². The zero-order chi connectivity index (χ0) is 12.1. The highest BCUT2D eigenvalue weighted by Crippen LogP contribution is 2.12. The Morgan fingerprint density at radius 3 is 2.31 bits per heavy atom.